The molecule has 2 aromatic rings. The average Bonchev–Trinajstić information content (AvgIpc) is 3.03. The summed E-state index contributed by atoms with van der Waals surface area (Å²) in [5, 5.41) is 15.6. The van der Waals surface area contributed by atoms with Crippen LogP contribution in [0.5, 0.6) is 0 Å². The maximum atomic E-state index is 12.5. The monoisotopic (exact) mass is 448 g/mol. The third-order valence-electron chi connectivity index (χ3n) is 5.71. The third-order valence-corrected chi connectivity index (χ3v) is 6.30. The van der Waals surface area contributed by atoms with Gasteiger partial charge in [-0.25, -0.2) is 8.42 Å². The second kappa shape index (κ2) is 9.51. The number of aryl methyl sites for hydroxylation is 1. The van der Waals surface area contributed by atoms with E-state index in [0.29, 0.717) is 5.56 Å². The van der Waals surface area contributed by atoms with Gasteiger partial charge in [0.2, 0.25) is 10.0 Å². The van der Waals surface area contributed by atoms with Crippen LogP contribution in [0.4, 0.5) is 5.69 Å². The van der Waals surface area contributed by atoms with Gasteiger partial charge in [0.05, 0.1) is 24.4 Å². The normalized spacial score (nSPS) is 20.1. The first kappa shape index (κ1) is 22.8. The van der Waals surface area contributed by atoms with Crippen molar-refractivity contribution in [2.24, 2.45) is 18.9 Å². The number of carboxylic acids is 1. The summed E-state index contributed by atoms with van der Waals surface area (Å²) in [5.74, 6) is 0.668. The SMILES string of the molecule is C1CC2CCC12.Cn1cc(NS(C)(=O)=O)c(C(=O)NC(CC(=O)O)c2ccccc2)n1. The molecule has 0 radical (unpaired) electrons. The summed E-state index contributed by atoms with van der Waals surface area (Å²) in [6.07, 6.45) is 8.23. The molecule has 1 atom stereocenters. The molecule has 1 aromatic carbocycles. The maximum absolute atomic E-state index is 12.5. The second-order valence-electron chi connectivity index (χ2n) is 8.15. The number of carboxylic acid groups (broad SMARTS) is 1. The van der Waals surface area contributed by atoms with E-state index in [4.69, 9.17) is 5.11 Å². The van der Waals surface area contributed by atoms with Crippen LogP contribution in [0.2, 0.25) is 0 Å². The molecule has 0 bridgehead atoms. The summed E-state index contributed by atoms with van der Waals surface area (Å²) in [7, 11) is -2.06. The van der Waals surface area contributed by atoms with E-state index in [0.717, 1.165) is 6.26 Å². The number of nitrogens with zero attached hydrogens (tertiary/aromatic N) is 2. The van der Waals surface area contributed by atoms with Crippen LogP contribution < -0.4 is 10.0 Å². The average molecular weight is 449 g/mol. The van der Waals surface area contributed by atoms with Crippen molar-refractivity contribution in [3.05, 3.63) is 47.8 Å². The van der Waals surface area contributed by atoms with E-state index < -0.39 is 27.9 Å². The Morgan fingerprint density at radius 2 is 1.74 bits per heavy atom. The summed E-state index contributed by atoms with van der Waals surface area (Å²) >= 11 is 0. The molecule has 1 unspecified atom stereocenters. The zero-order valence-corrected chi connectivity index (χ0v) is 18.4. The smallest absolute Gasteiger partial charge is 0.305 e. The van der Waals surface area contributed by atoms with Crippen LogP contribution in [0.25, 0.3) is 0 Å². The molecule has 4 rings (SSSR count). The van der Waals surface area contributed by atoms with Crippen molar-refractivity contribution in [3.8, 4) is 0 Å². The van der Waals surface area contributed by atoms with Crippen LogP contribution in [-0.2, 0) is 21.9 Å². The number of benzene rings is 1. The second-order valence-corrected chi connectivity index (χ2v) is 9.90. The lowest BCUT2D eigenvalue weighted by molar-refractivity contribution is -0.137. The van der Waals surface area contributed by atoms with Gasteiger partial charge >= 0.3 is 5.97 Å². The highest BCUT2D eigenvalue weighted by Gasteiger charge is 2.37. The Bertz CT molecular complexity index is 1020. The Kier molecular flexibility index (Phi) is 6.99. The number of amides is 1. The van der Waals surface area contributed by atoms with Gasteiger partial charge in [-0.1, -0.05) is 30.3 Å². The Morgan fingerprint density at radius 1 is 1.16 bits per heavy atom. The quantitative estimate of drug-likeness (QED) is 0.597. The largest absolute Gasteiger partial charge is 0.481 e. The zero-order chi connectivity index (χ0) is 22.6. The lowest BCUT2D eigenvalue weighted by atomic mass is 9.60. The molecule has 2 aliphatic rings. The Balaban J connectivity index is 0.000000381. The van der Waals surface area contributed by atoms with Gasteiger partial charge in [-0.05, 0) is 43.1 Å². The molecule has 1 aromatic heterocycles. The molecule has 0 spiro atoms. The topological polar surface area (TPSA) is 130 Å². The van der Waals surface area contributed by atoms with Gasteiger partial charge in [-0.15, -0.1) is 0 Å². The van der Waals surface area contributed by atoms with Gasteiger partial charge in [0, 0.05) is 13.2 Å². The minimum Gasteiger partial charge on any atom is -0.481 e. The maximum Gasteiger partial charge on any atom is 0.305 e. The summed E-state index contributed by atoms with van der Waals surface area (Å²) in [4.78, 5) is 23.6. The van der Waals surface area contributed by atoms with Gasteiger partial charge in [-0.2, -0.15) is 5.10 Å². The molecule has 10 heteroatoms. The first-order valence-electron chi connectivity index (χ1n) is 10.2. The molecule has 168 valence electrons. The third kappa shape index (κ3) is 6.30. The van der Waals surface area contributed by atoms with Gasteiger partial charge in [0.1, 0.15) is 0 Å². The van der Waals surface area contributed by atoms with Crippen molar-refractivity contribution in [1.82, 2.24) is 15.1 Å². The van der Waals surface area contributed by atoms with E-state index in [-0.39, 0.29) is 17.8 Å². The fourth-order valence-corrected chi connectivity index (χ4v) is 4.38. The van der Waals surface area contributed by atoms with Crippen molar-refractivity contribution in [2.75, 3.05) is 11.0 Å². The van der Waals surface area contributed by atoms with Gasteiger partial charge in [0.15, 0.2) is 5.69 Å². The minimum absolute atomic E-state index is 0.0182. The van der Waals surface area contributed by atoms with E-state index >= 15 is 0 Å². The molecule has 2 saturated carbocycles. The van der Waals surface area contributed by atoms with Crippen LogP contribution in [0.3, 0.4) is 0 Å². The van der Waals surface area contributed by atoms with E-state index in [1.165, 1.54) is 29.8 Å². The van der Waals surface area contributed by atoms with E-state index in [9.17, 15) is 18.0 Å². The van der Waals surface area contributed by atoms with E-state index in [1.54, 1.807) is 56.0 Å². The summed E-state index contributed by atoms with van der Waals surface area (Å²) in [6.45, 7) is 0. The van der Waals surface area contributed by atoms with Crippen LogP contribution in [0, 0.1) is 11.8 Å². The van der Waals surface area contributed by atoms with Crippen molar-refractivity contribution in [3.63, 3.8) is 0 Å². The molecule has 1 amide bonds. The molecular weight excluding hydrogens is 420 g/mol. The number of fused-ring (bicyclic) bond motifs is 1. The molecule has 2 aliphatic carbocycles. The number of hydrogen-bond donors (Lipinski definition) is 3. The number of anilines is 1. The van der Waals surface area contributed by atoms with Crippen LogP contribution >= 0.6 is 0 Å². The Morgan fingerprint density at radius 3 is 2.19 bits per heavy atom. The predicted octanol–water partition coefficient (Wildman–Crippen LogP) is 2.54. The summed E-state index contributed by atoms with van der Waals surface area (Å²) in [5.41, 5.74) is 0.496. The van der Waals surface area contributed by atoms with Gasteiger partial charge in [-0.3, -0.25) is 19.0 Å². The molecule has 2 fully saturated rings. The molecule has 31 heavy (non-hydrogen) atoms. The van der Waals surface area contributed by atoms with Crippen LogP contribution in [0.1, 0.15) is 54.2 Å². The van der Waals surface area contributed by atoms with Crippen LogP contribution in [-0.4, -0.2) is 41.4 Å². The highest BCUT2D eigenvalue weighted by molar-refractivity contribution is 7.92. The lowest BCUT2D eigenvalue weighted by Crippen LogP contribution is -2.34. The van der Waals surface area contributed by atoms with Crippen molar-refractivity contribution < 1.29 is 23.1 Å². The van der Waals surface area contributed by atoms with Gasteiger partial charge < -0.3 is 10.4 Å². The fraction of sp³-hybridized carbons (Fsp3) is 0.476. The van der Waals surface area contributed by atoms with E-state index in [1.807, 2.05) is 0 Å². The number of nitrogens with one attached hydrogen (secondary N) is 2. The lowest BCUT2D eigenvalue weighted by Gasteiger charge is -2.46. The van der Waals surface area contributed by atoms with Crippen LogP contribution in [0.15, 0.2) is 36.5 Å². The number of hydrogen-bond acceptors (Lipinski definition) is 5. The number of aromatic nitrogens is 2. The fourth-order valence-electron chi connectivity index (χ4n) is 3.83. The first-order chi connectivity index (χ1) is 14.6. The summed E-state index contributed by atoms with van der Waals surface area (Å²) in [6, 6.07) is 7.85. The Labute approximate surface area is 181 Å². The zero-order valence-electron chi connectivity index (χ0n) is 17.6. The highest BCUT2D eigenvalue weighted by atomic mass is 32.2. The number of aliphatic carboxylic acids is 1. The highest BCUT2D eigenvalue weighted by Crippen LogP contribution is 2.49. The number of carbonyl (C=O) groups excluding carboxylic acids is 1. The van der Waals surface area contributed by atoms with Crippen molar-refractivity contribution in [1.29, 1.82) is 0 Å². The molecule has 0 aliphatic heterocycles. The van der Waals surface area contributed by atoms with Crippen molar-refractivity contribution >= 4 is 27.6 Å². The number of sulfonamides is 1. The Hall–Kier alpha value is -2.88. The molecule has 3 N–H and O–H groups in total. The summed E-state index contributed by atoms with van der Waals surface area (Å²) < 4.78 is 26.3. The minimum atomic E-state index is -3.60. The van der Waals surface area contributed by atoms with Crippen molar-refractivity contribution in [2.45, 2.75) is 38.1 Å². The first-order valence-corrected chi connectivity index (χ1v) is 12.1. The molecule has 9 nitrogen and oxygen atoms in total. The number of carbonyl (C=O) groups is 2. The molecule has 0 saturated heterocycles. The number of rotatable bonds is 7. The van der Waals surface area contributed by atoms with Gasteiger partial charge in [0.25, 0.3) is 5.91 Å². The molecular formula is C21H28N4O5S. The molecule has 1 heterocycles. The predicted molar refractivity (Wildman–Crippen MR) is 116 cm³/mol. The van der Waals surface area contributed by atoms with E-state index in [2.05, 4.69) is 15.1 Å². The standard InChI is InChI=1S/C15H18N4O5S.C6H10/c1-19-9-12(18-25(2,23)24)14(17-19)15(22)16-11(8-13(20)21)10-6-4-3-5-7-10;1-2-6-4-3-5(1)6/h3-7,9,11,18H,8H2,1-2H3,(H,16,22)(H,20,21);5-6H,1-4H2.